The predicted octanol–water partition coefficient (Wildman–Crippen LogP) is 1.98. The summed E-state index contributed by atoms with van der Waals surface area (Å²) in [4.78, 5) is 2.18. The number of methoxy groups -OCH3 is 1. The van der Waals surface area contributed by atoms with Gasteiger partial charge >= 0.3 is 0 Å². The molecular formula is C17H22FN3O2. The Morgan fingerprint density at radius 1 is 1.43 bits per heavy atom. The van der Waals surface area contributed by atoms with Gasteiger partial charge in [-0.25, -0.2) is 4.39 Å². The summed E-state index contributed by atoms with van der Waals surface area (Å²) < 4.78 is 20.4. The molecule has 1 aliphatic rings. The Morgan fingerprint density at radius 2 is 2.30 bits per heavy atom. The molecule has 1 aromatic carbocycles. The lowest BCUT2D eigenvalue weighted by molar-refractivity contribution is 0.172. The van der Waals surface area contributed by atoms with Gasteiger partial charge in [0.15, 0.2) is 0 Å². The number of halogens is 1. The van der Waals surface area contributed by atoms with Gasteiger partial charge < -0.3 is 9.84 Å². The van der Waals surface area contributed by atoms with Crippen molar-refractivity contribution in [3.63, 3.8) is 0 Å². The molecule has 0 amide bonds. The molecule has 0 saturated carbocycles. The fraction of sp³-hybridized carbons (Fsp3) is 0.471. The van der Waals surface area contributed by atoms with Crippen LogP contribution in [0.15, 0.2) is 36.7 Å². The number of nitrogens with zero attached hydrogens (tertiary/aromatic N) is 3. The van der Waals surface area contributed by atoms with Crippen LogP contribution in [0, 0.1) is 5.82 Å². The van der Waals surface area contributed by atoms with E-state index in [0.717, 1.165) is 11.1 Å². The van der Waals surface area contributed by atoms with Crippen LogP contribution >= 0.6 is 0 Å². The molecule has 2 atom stereocenters. The Morgan fingerprint density at radius 3 is 3.09 bits per heavy atom. The average molecular weight is 319 g/mol. The van der Waals surface area contributed by atoms with Crippen molar-refractivity contribution in [1.29, 1.82) is 0 Å². The molecule has 2 heterocycles. The Balaban J connectivity index is 1.71. The molecule has 0 spiro atoms. The quantitative estimate of drug-likeness (QED) is 0.884. The molecule has 0 unspecified atom stereocenters. The highest BCUT2D eigenvalue weighted by atomic mass is 19.1. The van der Waals surface area contributed by atoms with Crippen LogP contribution in [0.1, 0.15) is 23.6 Å². The SMILES string of the molecule is COCCn1cc(CN2C[C@@H](O)C[C@@H]2c2cccc(F)c2)cn1. The molecule has 1 N–H and O–H groups in total. The van der Waals surface area contributed by atoms with E-state index in [2.05, 4.69) is 10.00 Å². The van der Waals surface area contributed by atoms with Crippen LogP contribution in [0.5, 0.6) is 0 Å². The van der Waals surface area contributed by atoms with Crippen molar-refractivity contribution in [3.8, 4) is 0 Å². The lowest BCUT2D eigenvalue weighted by Crippen LogP contribution is -2.24. The van der Waals surface area contributed by atoms with E-state index >= 15 is 0 Å². The summed E-state index contributed by atoms with van der Waals surface area (Å²) in [5.74, 6) is -0.240. The Bertz CT molecular complexity index is 646. The van der Waals surface area contributed by atoms with Crippen LogP contribution in [0.3, 0.4) is 0 Å². The van der Waals surface area contributed by atoms with Gasteiger partial charge in [0.25, 0.3) is 0 Å². The minimum Gasteiger partial charge on any atom is -0.392 e. The summed E-state index contributed by atoms with van der Waals surface area (Å²) >= 11 is 0. The van der Waals surface area contributed by atoms with Crippen molar-refractivity contribution >= 4 is 0 Å². The molecule has 1 aliphatic heterocycles. The zero-order valence-electron chi connectivity index (χ0n) is 13.2. The van der Waals surface area contributed by atoms with E-state index in [1.165, 1.54) is 6.07 Å². The monoisotopic (exact) mass is 319 g/mol. The topological polar surface area (TPSA) is 50.5 Å². The Labute approximate surface area is 135 Å². The van der Waals surface area contributed by atoms with Crippen molar-refractivity contribution in [2.45, 2.75) is 31.7 Å². The van der Waals surface area contributed by atoms with E-state index in [-0.39, 0.29) is 18.0 Å². The second-order valence-corrected chi connectivity index (χ2v) is 5.99. The molecule has 3 rings (SSSR count). The average Bonchev–Trinajstić information content (AvgIpc) is 3.12. The molecule has 0 aliphatic carbocycles. The fourth-order valence-electron chi connectivity index (χ4n) is 3.14. The normalized spacial score (nSPS) is 21.9. The number of aliphatic hydroxyl groups is 1. The summed E-state index contributed by atoms with van der Waals surface area (Å²) in [6, 6.07) is 6.66. The maximum absolute atomic E-state index is 13.5. The second kappa shape index (κ2) is 7.21. The van der Waals surface area contributed by atoms with E-state index in [1.54, 1.807) is 19.2 Å². The minimum atomic E-state index is -0.383. The molecule has 0 radical (unpaired) electrons. The van der Waals surface area contributed by atoms with Gasteiger partial charge in [-0.3, -0.25) is 9.58 Å². The van der Waals surface area contributed by atoms with Gasteiger partial charge in [0.1, 0.15) is 5.82 Å². The number of hydrogen-bond donors (Lipinski definition) is 1. The Kier molecular flexibility index (Phi) is 5.05. The lowest BCUT2D eigenvalue weighted by atomic mass is 10.0. The van der Waals surface area contributed by atoms with E-state index in [4.69, 9.17) is 4.74 Å². The molecule has 6 heteroatoms. The highest BCUT2D eigenvalue weighted by Gasteiger charge is 2.32. The van der Waals surface area contributed by atoms with Crippen molar-refractivity contribution in [2.75, 3.05) is 20.3 Å². The summed E-state index contributed by atoms with van der Waals surface area (Å²) in [6.45, 7) is 2.61. The first-order valence-corrected chi connectivity index (χ1v) is 7.83. The number of hydrogen-bond acceptors (Lipinski definition) is 4. The van der Waals surface area contributed by atoms with Gasteiger partial charge in [-0.2, -0.15) is 5.10 Å². The first kappa shape index (κ1) is 16.1. The smallest absolute Gasteiger partial charge is 0.123 e. The second-order valence-electron chi connectivity index (χ2n) is 5.99. The molecule has 2 aromatic rings. The molecule has 124 valence electrons. The van der Waals surface area contributed by atoms with Gasteiger partial charge in [-0.05, 0) is 24.1 Å². The molecule has 0 bridgehead atoms. The third kappa shape index (κ3) is 3.96. The molecule has 1 fully saturated rings. The summed E-state index contributed by atoms with van der Waals surface area (Å²) in [5, 5.41) is 14.3. The first-order valence-electron chi connectivity index (χ1n) is 7.83. The molecule has 1 saturated heterocycles. The van der Waals surface area contributed by atoms with E-state index in [0.29, 0.717) is 32.7 Å². The number of aliphatic hydroxyl groups excluding tert-OH is 1. The number of likely N-dealkylation sites (tertiary alicyclic amines) is 1. The van der Waals surface area contributed by atoms with Crippen molar-refractivity contribution in [3.05, 3.63) is 53.6 Å². The summed E-state index contributed by atoms with van der Waals surface area (Å²) in [5.41, 5.74) is 1.99. The molecule has 1 aromatic heterocycles. The number of β-amino-alcohol motifs (C(OH)–C–C–N with tert-alkyl or cyclic N) is 1. The van der Waals surface area contributed by atoms with Crippen LogP contribution in [0.4, 0.5) is 4.39 Å². The maximum Gasteiger partial charge on any atom is 0.123 e. The summed E-state index contributed by atoms with van der Waals surface area (Å²) in [6.07, 6.45) is 4.07. The van der Waals surface area contributed by atoms with Crippen molar-refractivity contribution < 1.29 is 14.2 Å². The highest BCUT2D eigenvalue weighted by Crippen LogP contribution is 2.33. The number of rotatable bonds is 6. The van der Waals surface area contributed by atoms with E-state index in [1.807, 2.05) is 23.1 Å². The van der Waals surface area contributed by atoms with Gasteiger partial charge in [0.2, 0.25) is 0 Å². The van der Waals surface area contributed by atoms with E-state index in [9.17, 15) is 9.50 Å². The van der Waals surface area contributed by atoms with Gasteiger partial charge in [-0.1, -0.05) is 12.1 Å². The van der Waals surface area contributed by atoms with Crippen LogP contribution in [0.25, 0.3) is 0 Å². The van der Waals surface area contributed by atoms with Crippen LogP contribution < -0.4 is 0 Å². The third-order valence-electron chi connectivity index (χ3n) is 4.21. The van der Waals surface area contributed by atoms with Crippen LogP contribution in [-0.4, -0.2) is 46.2 Å². The highest BCUT2D eigenvalue weighted by molar-refractivity contribution is 5.22. The number of benzene rings is 1. The van der Waals surface area contributed by atoms with Gasteiger partial charge in [-0.15, -0.1) is 0 Å². The first-order chi connectivity index (χ1) is 11.2. The van der Waals surface area contributed by atoms with E-state index < -0.39 is 0 Å². The minimum absolute atomic E-state index is 0.0306. The number of ether oxygens (including phenoxy) is 1. The van der Waals surface area contributed by atoms with Crippen molar-refractivity contribution in [1.82, 2.24) is 14.7 Å². The lowest BCUT2D eigenvalue weighted by Gasteiger charge is -2.23. The van der Waals surface area contributed by atoms with Gasteiger partial charge in [0.05, 0.1) is 25.5 Å². The largest absolute Gasteiger partial charge is 0.392 e. The summed E-state index contributed by atoms with van der Waals surface area (Å²) in [7, 11) is 1.67. The Hall–Kier alpha value is -1.76. The van der Waals surface area contributed by atoms with Gasteiger partial charge in [0, 0.05) is 38.0 Å². The zero-order valence-corrected chi connectivity index (χ0v) is 13.2. The number of aromatic nitrogens is 2. The zero-order chi connectivity index (χ0) is 16.2. The van der Waals surface area contributed by atoms with Crippen molar-refractivity contribution in [2.24, 2.45) is 0 Å². The fourth-order valence-corrected chi connectivity index (χ4v) is 3.14. The molecule has 5 nitrogen and oxygen atoms in total. The van der Waals surface area contributed by atoms with Crippen LogP contribution in [0.2, 0.25) is 0 Å². The standard InChI is InChI=1S/C17H22FN3O2/c1-23-6-5-21-11-13(9-19-21)10-20-12-16(22)8-17(20)14-3-2-4-15(18)7-14/h2-4,7,9,11,16-17,22H,5-6,8,10,12H2,1H3/t16-,17+/m0/s1. The maximum atomic E-state index is 13.5. The third-order valence-corrected chi connectivity index (χ3v) is 4.21. The van der Waals surface area contributed by atoms with Crippen LogP contribution in [-0.2, 0) is 17.8 Å². The molecule has 23 heavy (non-hydrogen) atoms. The molecular weight excluding hydrogens is 297 g/mol. The predicted molar refractivity (Wildman–Crippen MR) is 84.3 cm³/mol.